The van der Waals surface area contributed by atoms with Crippen molar-refractivity contribution < 1.29 is 4.79 Å². The molecule has 0 aliphatic rings. The van der Waals surface area contributed by atoms with Gasteiger partial charge in [-0.2, -0.15) is 5.10 Å². The van der Waals surface area contributed by atoms with Gasteiger partial charge in [-0.15, -0.1) is 0 Å². The fraction of sp³-hybridized carbons (Fsp3) is 0.667. The number of nitrogens with zero attached hydrogens (tertiary/aromatic N) is 3. The van der Waals surface area contributed by atoms with Crippen molar-refractivity contribution in [3.05, 3.63) is 18.0 Å². The number of hydrogen-bond acceptors (Lipinski definition) is 2. The van der Waals surface area contributed by atoms with Crippen LogP contribution >= 0.6 is 0 Å². The van der Waals surface area contributed by atoms with Gasteiger partial charge in [0.25, 0.3) is 0 Å². The normalized spacial score (nSPS) is 11.6. The van der Waals surface area contributed by atoms with E-state index in [1.807, 2.05) is 17.1 Å². The second-order valence-corrected chi connectivity index (χ2v) is 5.28. The van der Waals surface area contributed by atoms with E-state index >= 15 is 0 Å². The zero-order chi connectivity index (χ0) is 12.3. The minimum atomic E-state index is 0.115. The quantitative estimate of drug-likeness (QED) is 0.781. The summed E-state index contributed by atoms with van der Waals surface area (Å²) >= 11 is 0. The third-order valence-corrected chi connectivity index (χ3v) is 2.55. The molecular weight excluding hydrogens is 202 g/mol. The first-order chi connectivity index (χ1) is 7.30. The van der Waals surface area contributed by atoms with E-state index < -0.39 is 0 Å². The molecule has 0 unspecified atom stereocenters. The lowest BCUT2D eigenvalue weighted by atomic mass is 9.90. The molecule has 1 heterocycles. The van der Waals surface area contributed by atoms with Crippen molar-refractivity contribution in [1.29, 1.82) is 0 Å². The summed E-state index contributed by atoms with van der Waals surface area (Å²) in [6.07, 6.45) is 4.39. The molecule has 90 valence electrons. The van der Waals surface area contributed by atoms with Crippen molar-refractivity contribution in [2.75, 3.05) is 14.1 Å². The van der Waals surface area contributed by atoms with Gasteiger partial charge < -0.3 is 4.90 Å². The number of hydrogen-bond donors (Lipinski definition) is 0. The van der Waals surface area contributed by atoms with Gasteiger partial charge in [-0.25, -0.2) is 0 Å². The molecule has 0 N–H and O–H groups in total. The van der Waals surface area contributed by atoms with Crippen molar-refractivity contribution in [2.24, 2.45) is 0 Å². The van der Waals surface area contributed by atoms with Crippen molar-refractivity contribution in [1.82, 2.24) is 14.7 Å². The fourth-order valence-corrected chi connectivity index (χ4v) is 1.31. The van der Waals surface area contributed by atoms with E-state index in [9.17, 15) is 4.79 Å². The molecule has 1 aromatic rings. The summed E-state index contributed by atoms with van der Waals surface area (Å²) in [7, 11) is 3.54. The molecule has 0 fully saturated rings. The second kappa shape index (κ2) is 4.68. The topological polar surface area (TPSA) is 38.1 Å². The maximum atomic E-state index is 11.4. The van der Waals surface area contributed by atoms with Gasteiger partial charge in [-0.1, -0.05) is 20.8 Å². The average molecular weight is 223 g/mol. The van der Waals surface area contributed by atoms with Crippen LogP contribution in [0.15, 0.2) is 12.4 Å². The van der Waals surface area contributed by atoms with Crippen molar-refractivity contribution >= 4 is 5.91 Å². The molecule has 1 rings (SSSR count). The van der Waals surface area contributed by atoms with Crippen LogP contribution in [-0.2, 0) is 16.8 Å². The van der Waals surface area contributed by atoms with Gasteiger partial charge in [0.2, 0.25) is 5.91 Å². The Morgan fingerprint density at radius 2 is 2.06 bits per heavy atom. The molecule has 0 aliphatic carbocycles. The van der Waals surface area contributed by atoms with Crippen molar-refractivity contribution in [3.8, 4) is 0 Å². The van der Waals surface area contributed by atoms with Gasteiger partial charge in [-0.3, -0.25) is 9.48 Å². The highest BCUT2D eigenvalue weighted by atomic mass is 16.2. The zero-order valence-electron chi connectivity index (χ0n) is 10.8. The van der Waals surface area contributed by atoms with Gasteiger partial charge in [0, 0.05) is 33.3 Å². The lowest BCUT2D eigenvalue weighted by Gasteiger charge is -2.15. The number of carbonyl (C=O) groups is 1. The van der Waals surface area contributed by atoms with Crippen LogP contribution in [0.2, 0.25) is 0 Å². The summed E-state index contributed by atoms with van der Waals surface area (Å²) in [6.45, 7) is 7.10. The summed E-state index contributed by atoms with van der Waals surface area (Å²) in [4.78, 5) is 13.0. The summed E-state index contributed by atoms with van der Waals surface area (Å²) in [5, 5.41) is 4.26. The number of aryl methyl sites for hydroxylation is 1. The molecule has 4 heteroatoms. The Balaban J connectivity index is 2.57. The first kappa shape index (κ1) is 12.7. The van der Waals surface area contributed by atoms with Crippen LogP contribution in [0.5, 0.6) is 0 Å². The predicted octanol–water partition coefficient (Wildman–Crippen LogP) is 1.66. The van der Waals surface area contributed by atoms with Crippen molar-refractivity contribution in [2.45, 2.75) is 39.2 Å². The molecule has 1 amide bonds. The predicted molar refractivity (Wildman–Crippen MR) is 64.2 cm³/mol. The number of aromatic nitrogens is 2. The highest BCUT2D eigenvalue weighted by molar-refractivity contribution is 5.75. The van der Waals surface area contributed by atoms with Crippen LogP contribution in [0.1, 0.15) is 32.8 Å². The number of amides is 1. The average Bonchev–Trinajstić information content (AvgIpc) is 2.61. The van der Waals surface area contributed by atoms with E-state index in [1.54, 1.807) is 19.0 Å². The molecule has 16 heavy (non-hydrogen) atoms. The molecule has 0 aliphatic heterocycles. The van der Waals surface area contributed by atoms with Crippen LogP contribution < -0.4 is 0 Å². The van der Waals surface area contributed by atoms with Gasteiger partial charge in [0.05, 0.1) is 6.20 Å². The summed E-state index contributed by atoms with van der Waals surface area (Å²) in [5.41, 5.74) is 1.31. The molecule has 4 nitrogen and oxygen atoms in total. The van der Waals surface area contributed by atoms with Crippen LogP contribution in [0.4, 0.5) is 0 Å². The molecular formula is C12H21N3O. The van der Waals surface area contributed by atoms with Crippen LogP contribution in [0.25, 0.3) is 0 Å². The Labute approximate surface area is 97.2 Å². The third kappa shape index (κ3) is 3.36. The Hall–Kier alpha value is -1.32. The van der Waals surface area contributed by atoms with Gasteiger partial charge >= 0.3 is 0 Å². The molecule has 1 aromatic heterocycles. The smallest absolute Gasteiger partial charge is 0.223 e. The Morgan fingerprint density at radius 3 is 2.50 bits per heavy atom. The molecule has 0 spiro atoms. The number of rotatable bonds is 3. The number of carbonyl (C=O) groups excluding carboxylic acids is 1. The molecule has 0 saturated carbocycles. The maximum absolute atomic E-state index is 11.4. The summed E-state index contributed by atoms with van der Waals surface area (Å²) < 4.78 is 1.84. The van der Waals surface area contributed by atoms with Gasteiger partial charge in [0.1, 0.15) is 0 Å². The van der Waals surface area contributed by atoms with E-state index in [0.29, 0.717) is 13.0 Å². The monoisotopic (exact) mass is 223 g/mol. The third-order valence-electron chi connectivity index (χ3n) is 2.55. The van der Waals surface area contributed by atoms with Crippen LogP contribution in [-0.4, -0.2) is 34.7 Å². The van der Waals surface area contributed by atoms with E-state index in [-0.39, 0.29) is 11.3 Å². The molecule has 0 bridgehead atoms. The highest BCUT2D eigenvalue weighted by Crippen LogP contribution is 2.20. The van der Waals surface area contributed by atoms with Crippen LogP contribution in [0.3, 0.4) is 0 Å². The molecule has 0 aromatic carbocycles. The Morgan fingerprint density at radius 1 is 1.44 bits per heavy atom. The van der Waals surface area contributed by atoms with Crippen LogP contribution in [0, 0.1) is 0 Å². The minimum absolute atomic E-state index is 0.115. The molecule has 0 saturated heterocycles. The van der Waals surface area contributed by atoms with E-state index in [1.165, 1.54) is 5.56 Å². The van der Waals surface area contributed by atoms with E-state index in [4.69, 9.17) is 0 Å². The standard InChI is InChI=1S/C12H21N3O/c1-12(2,3)10-8-13-15(9-10)7-6-11(16)14(4)5/h8-9H,6-7H2,1-5H3. The fourth-order valence-electron chi connectivity index (χ4n) is 1.31. The highest BCUT2D eigenvalue weighted by Gasteiger charge is 2.15. The minimum Gasteiger partial charge on any atom is -0.349 e. The Bertz CT molecular complexity index is 361. The first-order valence-electron chi connectivity index (χ1n) is 5.54. The Kier molecular flexibility index (Phi) is 3.73. The lowest BCUT2D eigenvalue weighted by molar-refractivity contribution is -0.128. The zero-order valence-corrected chi connectivity index (χ0v) is 10.8. The van der Waals surface area contributed by atoms with Gasteiger partial charge in [0.15, 0.2) is 0 Å². The largest absolute Gasteiger partial charge is 0.349 e. The first-order valence-corrected chi connectivity index (χ1v) is 5.54. The van der Waals surface area contributed by atoms with Gasteiger partial charge in [-0.05, 0) is 11.0 Å². The molecule has 0 atom stereocenters. The summed E-state index contributed by atoms with van der Waals surface area (Å²) in [5.74, 6) is 0.132. The van der Waals surface area contributed by atoms with E-state index in [2.05, 4.69) is 25.9 Å². The SMILES string of the molecule is CN(C)C(=O)CCn1cc(C(C)(C)C)cn1. The van der Waals surface area contributed by atoms with E-state index in [0.717, 1.165) is 0 Å². The van der Waals surface area contributed by atoms with Crippen molar-refractivity contribution in [3.63, 3.8) is 0 Å². The lowest BCUT2D eigenvalue weighted by Crippen LogP contribution is -2.23. The molecule has 0 radical (unpaired) electrons. The second-order valence-electron chi connectivity index (χ2n) is 5.28. The maximum Gasteiger partial charge on any atom is 0.223 e. The summed E-state index contributed by atoms with van der Waals surface area (Å²) in [6, 6.07) is 0.